The highest BCUT2D eigenvalue weighted by atomic mass is 79.9. The Labute approximate surface area is 152 Å². The number of nitrogens with zero attached hydrogens (tertiary/aromatic N) is 3. The second-order valence-electron chi connectivity index (χ2n) is 5.97. The summed E-state index contributed by atoms with van der Waals surface area (Å²) in [6, 6.07) is 7.49. The number of hydrogen-bond acceptors (Lipinski definition) is 5. The van der Waals surface area contributed by atoms with E-state index in [1.165, 1.54) is 11.3 Å². The van der Waals surface area contributed by atoms with E-state index >= 15 is 0 Å². The van der Waals surface area contributed by atoms with Crippen LogP contribution in [0, 0.1) is 5.92 Å². The van der Waals surface area contributed by atoms with Crippen LogP contribution in [0.1, 0.15) is 31.2 Å². The molecule has 24 heavy (non-hydrogen) atoms. The molecule has 2 amide bonds. The zero-order valence-electron chi connectivity index (χ0n) is 13.3. The lowest BCUT2D eigenvalue weighted by molar-refractivity contribution is -0.122. The monoisotopic (exact) mass is 408 g/mol. The Morgan fingerprint density at radius 2 is 2.04 bits per heavy atom. The molecule has 1 aromatic carbocycles. The van der Waals surface area contributed by atoms with Crippen molar-refractivity contribution in [3.05, 3.63) is 33.7 Å². The van der Waals surface area contributed by atoms with Gasteiger partial charge >= 0.3 is 0 Å². The molecular weight excluding hydrogens is 392 g/mol. The van der Waals surface area contributed by atoms with Crippen molar-refractivity contribution >= 4 is 49.9 Å². The predicted molar refractivity (Wildman–Crippen MR) is 97.2 cm³/mol. The Morgan fingerprint density at radius 3 is 2.67 bits per heavy atom. The maximum Gasteiger partial charge on any atom is 0.231 e. The van der Waals surface area contributed by atoms with Crippen molar-refractivity contribution in [3.8, 4) is 0 Å². The summed E-state index contributed by atoms with van der Waals surface area (Å²) >= 11 is 4.74. The predicted octanol–water partition coefficient (Wildman–Crippen LogP) is 3.42. The molecule has 3 rings (SSSR count). The first-order valence-electron chi connectivity index (χ1n) is 7.64. The molecular formula is C16H17BrN4O2S. The van der Waals surface area contributed by atoms with Gasteiger partial charge < -0.3 is 10.2 Å². The minimum absolute atomic E-state index is 0.0439. The van der Waals surface area contributed by atoms with Gasteiger partial charge in [0.1, 0.15) is 5.01 Å². The van der Waals surface area contributed by atoms with Gasteiger partial charge in [0.2, 0.25) is 16.9 Å². The number of anilines is 2. The van der Waals surface area contributed by atoms with Gasteiger partial charge in [0, 0.05) is 29.0 Å². The highest BCUT2D eigenvalue weighted by Crippen LogP contribution is 2.28. The Morgan fingerprint density at radius 1 is 1.33 bits per heavy atom. The second kappa shape index (κ2) is 6.98. The average Bonchev–Trinajstić information content (AvgIpc) is 3.15. The highest BCUT2D eigenvalue weighted by molar-refractivity contribution is 9.10. The second-order valence-corrected chi connectivity index (χ2v) is 7.90. The van der Waals surface area contributed by atoms with Crippen LogP contribution in [0.2, 0.25) is 0 Å². The summed E-state index contributed by atoms with van der Waals surface area (Å²) in [4.78, 5) is 26.3. The van der Waals surface area contributed by atoms with E-state index in [0.717, 1.165) is 15.2 Å². The van der Waals surface area contributed by atoms with Gasteiger partial charge in [-0.2, -0.15) is 0 Å². The standard InChI is InChI=1S/C16H17BrN4O2S/c1-9(2)15-19-20-16(24-15)18-14(23)10-7-13(22)21(8-10)12-5-3-11(17)4-6-12/h3-6,9-10H,7-8H2,1-2H3,(H,18,20,23)/t10-/m0/s1. The number of carbonyl (C=O) groups is 2. The van der Waals surface area contributed by atoms with Gasteiger partial charge in [-0.3, -0.25) is 9.59 Å². The van der Waals surface area contributed by atoms with E-state index in [4.69, 9.17) is 0 Å². The zero-order valence-corrected chi connectivity index (χ0v) is 15.7. The first kappa shape index (κ1) is 17.0. The van der Waals surface area contributed by atoms with Crippen LogP contribution >= 0.6 is 27.3 Å². The van der Waals surface area contributed by atoms with E-state index in [-0.39, 0.29) is 30.1 Å². The molecule has 1 aliphatic rings. The molecule has 0 aliphatic carbocycles. The van der Waals surface area contributed by atoms with Gasteiger partial charge in [-0.1, -0.05) is 41.1 Å². The minimum Gasteiger partial charge on any atom is -0.312 e. The zero-order chi connectivity index (χ0) is 17.3. The fourth-order valence-corrected chi connectivity index (χ4v) is 3.49. The normalized spacial score (nSPS) is 17.6. The van der Waals surface area contributed by atoms with Crippen molar-refractivity contribution < 1.29 is 9.59 Å². The molecule has 1 N–H and O–H groups in total. The minimum atomic E-state index is -0.382. The van der Waals surface area contributed by atoms with Crippen LogP contribution in [-0.4, -0.2) is 28.6 Å². The van der Waals surface area contributed by atoms with Crippen LogP contribution in [0.3, 0.4) is 0 Å². The smallest absolute Gasteiger partial charge is 0.231 e. The first-order chi connectivity index (χ1) is 11.4. The number of amides is 2. The van der Waals surface area contributed by atoms with E-state index < -0.39 is 0 Å². The quantitative estimate of drug-likeness (QED) is 0.840. The van der Waals surface area contributed by atoms with Gasteiger partial charge in [-0.25, -0.2) is 0 Å². The maximum atomic E-state index is 12.4. The number of halogens is 1. The third-order valence-corrected chi connectivity index (χ3v) is 5.47. The van der Waals surface area contributed by atoms with E-state index in [9.17, 15) is 9.59 Å². The number of nitrogens with one attached hydrogen (secondary N) is 1. The molecule has 1 aliphatic heterocycles. The molecule has 1 aromatic heterocycles. The Bertz CT molecular complexity index is 760. The van der Waals surface area contributed by atoms with Crippen LogP contribution in [0.15, 0.2) is 28.7 Å². The molecule has 2 heterocycles. The molecule has 126 valence electrons. The van der Waals surface area contributed by atoms with Crippen molar-refractivity contribution in [1.29, 1.82) is 0 Å². The van der Waals surface area contributed by atoms with Gasteiger partial charge in [-0.15, -0.1) is 10.2 Å². The van der Waals surface area contributed by atoms with E-state index in [0.29, 0.717) is 11.7 Å². The Kier molecular flexibility index (Phi) is 4.96. The summed E-state index contributed by atoms with van der Waals surface area (Å²) in [7, 11) is 0. The molecule has 8 heteroatoms. The average molecular weight is 409 g/mol. The third-order valence-electron chi connectivity index (χ3n) is 3.80. The van der Waals surface area contributed by atoms with Gasteiger partial charge in [0.25, 0.3) is 0 Å². The number of benzene rings is 1. The fourth-order valence-electron chi connectivity index (χ4n) is 2.48. The largest absolute Gasteiger partial charge is 0.312 e. The molecule has 0 radical (unpaired) electrons. The van der Waals surface area contributed by atoms with Crippen LogP contribution < -0.4 is 10.2 Å². The lowest BCUT2D eigenvalue weighted by Crippen LogP contribution is -2.28. The first-order valence-corrected chi connectivity index (χ1v) is 9.25. The molecule has 2 aromatic rings. The summed E-state index contributed by atoms with van der Waals surface area (Å²) in [5.41, 5.74) is 0.802. The van der Waals surface area contributed by atoms with Gasteiger partial charge in [0.15, 0.2) is 0 Å². The van der Waals surface area contributed by atoms with Crippen LogP contribution in [-0.2, 0) is 9.59 Å². The Hall–Kier alpha value is -1.80. The molecule has 0 unspecified atom stereocenters. The van der Waals surface area contributed by atoms with Gasteiger partial charge in [0.05, 0.1) is 5.92 Å². The summed E-state index contributed by atoms with van der Waals surface area (Å²) < 4.78 is 0.949. The topological polar surface area (TPSA) is 75.2 Å². The maximum absolute atomic E-state index is 12.4. The molecule has 0 spiro atoms. The van der Waals surface area contributed by atoms with Crippen molar-refractivity contribution in [2.24, 2.45) is 5.92 Å². The highest BCUT2D eigenvalue weighted by Gasteiger charge is 2.35. The molecule has 1 fully saturated rings. The van der Waals surface area contributed by atoms with Crippen LogP contribution in [0.4, 0.5) is 10.8 Å². The van der Waals surface area contributed by atoms with Crippen molar-refractivity contribution in [2.75, 3.05) is 16.8 Å². The number of carbonyl (C=O) groups excluding carboxylic acids is 2. The summed E-state index contributed by atoms with van der Waals surface area (Å²) in [5, 5.41) is 12.2. The fraction of sp³-hybridized carbons (Fsp3) is 0.375. The van der Waals surface area contributed by atoms with Crippen LogP contribution in [0.25, 0.3) is 0 Å². The number of rotatable bonds is 4. The third kappa shape index (κ3) is 3.64. The summed E-state index contributed by atoms with van der Waals surface area (Å²) in [6.07, 6.45) is 0.206. The van der Waals surface area contributed by atoms with Crippen LogP contribution in [0.5, 0.6) is 0 Å². The van der Waals surface area contributed by atoms with E-state index in [1.807, 2.05) is 38.1 Å². The van der Waals surface area contributed by atoms with Crippen molar-refractivity contribution in [3.63, 3.8) is 0 Å². The van der Waals surface area contributed by atoms with E-state index in [1.54, 1.807) is 4.90 Å². The Balaban J connectivity index is 1.66. The lowest BCUT2D eigenvalue weighted by Gasteiger charge is -2.16. The molecule has 1 saturated heterocycles. The molecule has 0 bridgehead atoms. The summed E-state index contributed by atoms with van der Waals surface area (Å²) in [6.45, 7) is 4.43. The molecule has 1 atom stereocenters. The SMILES string of the molecule is CC(C)c1nnc(NC(=O)[C@H]2CC(=O)N(c3ccc(Br)cc3)C2)s1. The molecule has 6 nitrogen and oxygen atoms in total. The van der Waals surface area contributed by atoms with Crippen molar-refractivity contribution in [2.45, 2.75) is 26.2 Å². The van der Waals surface area contributed by atoms with E-state index in [2.05, 4.69) is 31.4 Å². The number of aromatic nitrogens is 2. The number of hydrogen-bond donors (Lipinski definition) is 1. The lowest BCUT2D eigenvalue weighted by atomic mass is 10.1. The summed E-state index contributed by atoms with van der Waals surface area (Å²) in [5.74, 6) is -0.339. The molecule has 0 saturated carbocycles. The van der Waals surface area contributed by atoms with Gasteiger partial charge in [-0.05, 0) is 24.3 Å². The van der Waals surface area contributed by atoms with Crippen molar-refractivity contribution in [1.82, 2.24) is 10.2 Å².